The molecule has 0 bridgehead atoms. The number of aliphatic hydroxyl groups is 1. The fourth-order valence-corrected chi connectivity index (χ4v) is 1.84. The summed E-state index contributed by atoms with van der Waals surface area (Å²) >= 11 is 0. The summed E-state index contributed by atoms with van der Waals surface area (Å²) in [4.78, 5) is 0. The van der Waals surface area contributed by atoms with Gasteiger partial charge in [0, 0.05) is 0 Å². The molecule has 122 valence electrons. The molecule has 0 aliphatic rings. The summed E-state index contributed by atoms with van der Waals surface area (Å²) in [6.07, 6.45) is 10.1. The first-order valence-electron chi connectivity index (χ1n) is 8.06. The van der Waals surface area contributed by atoms with Gasteiger partial charge in [-0.2, -0.15) is 0 Å². The quantitative estimate of drug-likeness (QED) is 0.496. The van der Waals surface area contributed by atoms with E-state index in [2.05, 4.69) is 19.1 Å². The highest BCUT2D eigenvalue weighted by atomic mass is 16.5. The summed E-state index contributed by atoms with van der Waals surface area (Å²) < 4.78 is 5.36. The van der Waals surface area contributed by atoms with Gasteiger partial charge >= 0.3 is 0 Å². The molecule has 0 aromatic heterocycles. The average molecular weight is 310 g/mol. The number of aliphatic hydroxyl groups excluding tert-OH is 1. The van der Waals surface area contributed by atoms with Crippen LogP contribution in [0.3, 0.4) is 0 Å². The van der Waals surface area contributed by atoms with Crippen LogP contribution in [0.15, 0.2) is 73.2 Å². The van der Waals surface area contributed by atoms with Gasteiger partial charge in [-0.3, -0.25) is 0 Å². The first-order chi connectivity index (χ1) is 11.4. The van der Waals surface area contributed by atoms with Gasteiger partial charge in [-0.05, 0) is 29.7 Å². The van der Waals surface area contributed by atoms with Crippen molar-refractivity contribution in [3.63, 3.8) is 0 Å². The predicted molar refractivity (Wildman–Crippen MR) is 99.1 cm³/mol. The molecule has 2 aromatic rings. The van der Waals surface area contributed by atoms with Crippen molar-refractivity contribution in [3.8, 4) is 0 Å². The highest BCUT2D eigenvalue weighted by molar-refractivity contribution is 5.47. The van der Waals surface area contributed by atoms with Crippen LogP contribution in [0.25, 0.3) is 12.2 Å². The zero-order chi connectivity index (χ0) is 16.6. The van der Waals surface area contributed by atoms with E-state index in [1.54, 1.807) is 12.3 Å². The Labute approximate surface area is 139 Å². The first kappa shape index (κ1) is 18.6. The molecule has 0 aliphatic heterocycles. The maximum absolute atomic E-state index is 8.34. The maximum atomic E-state index is 8.34. The van der Waals surface area contributed by atoms with Crippen molar-refractivity contribution in [1.29, 1.82) is 0 Å². The van der Waals surface area contributed by atoms with Crippen LogP contribution >= 0.6 is 0 Å². The summed E-state index contributed by atoms with van der Waals surface area (Å²) in [5.41, 5.74) is 2.20. The van der Waals surface area contributed by atoms with Crippen LogP contribution in [0.4, 0.5) is 0 Å². The van der Waals surface area contributed by atoms with E-state index >= 15 is 0 Å². The van der Waals surface area contributed by atoms with E-state index in [4.69, 9.17) is 9.84 Å². The first-order valence-corrected chi connectivity index (χ1v) is 8.06. The third kappa shape index (κ3) is 9.97. The lowest BCUT2D eigenvalue weighted by molar-refractivity contribution is 0.244. The molecule has 0 saturated heterocycles. The van der Waals surface area contributed by atoms with Gasteiger partial charge in [0.05, 0.1) is 19.1 Å². The van der Waals surface area contributed by atoms with Crippen LogP contribution in [0.1, 0.15) is 37.3 Å². The van der Waals surface area contributed by atoms with Crippen LogP contribution in [0, 0.1) is 0 Å². The molecule has 2 heteroatoms. The third-order valence-corrected chi connectivity index (χ3v) is 3.09. The van der Waals surface area contributed by atoms with Crippen molar-refractivity contribution < 1.29 is 9.84 Å². The molecule has 0 radical (unpaired) electrons. The van der Waals surface area contributed by atoms with Crippen molar-refractivity contribution in [2.45, 2.75) is 26.2 Å². The van der Waals surface area contributed by atoms with Crippen LogP contribution in [-0.4, -0.2) is 11.7 Å². The Morgan fingerprint density at radius 2 is 1.39 bits per heavy atom. The van der Waals surface area contributed by atoms with Crippen molar-refractivity contribution in [1.82, 2.24) is 0 Å². The van der Waals surface area contributed by atoms with Gasteiger partial charge < -0.3 is 9.84 Å². The number of benzene rings is 2. The van der Waals surface area contributed by atoms with Crippen LogP contribution < -0.4 is 0 Å². The zero-order valence-electron chi connectivity index (χ0n) is 13.8. The summed E-state index contributed by atoms with van der Waals surface area (Å²) in [5, 5.41) is 8.34. The minimum Gasteiger partial charge on any atom is -0.516 e. The molecule has 0 aliphatic carbocycles. The lowest BCUT2D eigenvalue weighted by Crippen LogP contribution is -1.86. The molecule has 2 aromatic carbocycles. The van der Waals surface area contributed by atoms with Crippen LogP contribution in [0.2, 0.25) is 0 Å². The van der Waals surface area contributed by atoms with Gasteiger partial charge in [-0.1, -0.05) is 80.4 Å². The van der Waals surface area contributed by atoms with Crippen molar-refractivity contribution in [2.24, 2.45) is 0 Å². The summed E-state index contributed by atoms with van der Waals surface area (Å²) in [5.74, 6) is 0. The second kappa shape index (κ2) is 13.2. The highest BCUT2D eigenvalue weighted by Crippen LogP contribution is 2.02. The molecule has 2 rings (SSSR count). The summed E-state index contributed by atoms with van der Waals surface area (Å²) in [7, 11) is 0. The second-order valence-electron chi connectivity index (χ2n) is 5.02. The molecule has 0 spiro atoms. The zero-order valence-corrected chi connectivity index (χ0v) is 13.8. The molecule has 2 nitrogen and oxygen atoms in total. The predicted octanol–water partition coefficient (Wildman–Crippen LogP) is 6.08. The highest BCUT2D eigenvalue weighted by Gasteiger charge is 1.85. The maximum Gasteiger partial charge on any atom is 0.0873 e. The minimum atomic E-state index is 0.831. The molecule has 1 N–H and O–H groups in total. The van der Waals surface area contributed by atoms with Crippen molar-refractivity contribution in [2.75, 3.05) is 6.61 Å². The average Bonchev–Trinajstić information content (AvgIpc) is 2.61. The lowest BCUT2D eigenvalue weighted by atomic mass is 10.2. The minimum absolute atomic E-state index is 0.831. The molecular weight excluding hydrogens is 284 g/mol. The summed E-state index contributed by atoms with van der Waals surface area (Å²) in [6.45, 7) is 3.02. The fraction of sp³-hybridized carbons (Fsp3) is 0.238. The number of ether oxygens (including phenoxy) is 1. The molecule has 0 saturated carbocycles. The smallest absolute Gasteiger partial charge is 0.0873 e. The van der Waals surface area contributed by atoms with Gasteiger partial charge in [0.1, 0.15) is 0 Å². The Morgan fingerprint density at radius 1 is 0.826 bits per heavy atom. The Balaban J connectivity index is 0.000000253. The normalized spacial score (nSPS) is 10.5. The fourth-order valence-electron chi connectivity index (χ4n) is 1.84. The van der Waals surface area contributed by atoms with Crippen molar-refractivity contribution >= 4 is 12.2 Å². The molecule has 0 heterocycles. The summed E-state index contributed by atoms with van der Waals surface area (Å²) in [6, 6.07) is 19.8. The molecular formula is C21H26O2. The van der Waals surface area contributed by atoms with E-state index in [9.17, 15) is 0 Å². The Hall–Kier alpha value is -2.48. The Morgan fingerprint density at radius 3 is 1.91 bits per heavy atom. The Bertz CT molecular complexity index is 545. The molecule has 23 heavy (non-hydrogen) atoms. The van der Waals surface area contributed by atoms with E-state index in [-0.39, 0.29) is 0 Å². The molecule has 0 atom stereocenters. The molecule has 0 unspecified atom stereocenters. The van der Waals surface area contributed by atoms with Crippen LogP contribution in [0.5, 0.6) is 0 Å². The SMILES string of the molecule is CCCCCOC=Cc1ccccc1.OC=Cc1ccccc1. The number of unbranched alkanes of at least 4 members (excludes halogenated alkanes) is 2. The van der Waals surface area contributed by atoms with Gasteiger partial charge in [0.15, 0.2) is 0 Å². The van der Waals surface area contributed by atoms with E-state index in [0.717, 1.165) is 24.9 Å². The van der Waals surface area contributed by atoms with E-state index in [1.165, 1.54) is 18.4 Å². The lowest BCUT2D eigenvalue weighted by Gasteiger charge is -1.98. The third-order valence-electron chi connectivity index (χ3n) is 3.09. The van der Waals surface area contributed by atoms with Gasteiger partial charge in [-0.15, -0.1) is 0 Å². The van der Waals surface area contributed by atoms with E-state index < -0.39 is 0 Å². The number of hydrogen-bond acceptors (Lipinski definition) is 2. The standard InChI is InChI=1S/C13H18O.C8H8O/c1-2-3-7-11-14-12-10-13-8-5-4-6-9-13;9-7-6-8-4-2-1-3-5-8/h4-6,8-10,12H,2-3,7,11H2,1H3;1-7,9H. The Kier molecular flexibility index (Phi) is 10.7. The monoisotopic (exact) mass is 310 g/mol. The number of rotatable bonds is 7. The molecule has 0 fully saturated rings. The van der Waals surface area contributed by atoms with Crippen molar-refractivity contribution in [3.05, 3.63) is 84.3 Å². The number of hydrogen-bond donors (Lipinski definition) is 1. The van der Waals surface area contributed by atoms with E-state index in [0.29, 0.717) is 0 Å². The van der Waals surface area contributed by atoms with Gasteiger partial charge in [0.2, 0.25) is 0 Å². The largest absolute Gasteiger partial charge is 0.516 e. The molecule has 0 amide bonds. The van der Waals surface area contributed by atoms with Gasteiger partial charge in [-0.25, -0.2) is 0 Å². The topological polar surface area (TPSA) is 29.5 Å². The van der Waals surface area contributed by atoms with Gasteiger partial charge in [0.25, 0.3) is 0 Å². The van der Waals surface area contributed by atoms with E-state index in [1.807, 2.05) is 54.6 Å². The van der Waals surface area contributed by atoms with Crippen LogP contribution in [-0.2, 0) is 4.74 Å². The second-order valence-corrected chi connectivity index (χ2v) is 5.02.